The summed E-state index contributed by atoms with van der Waals surface area (Å²) in [6, 6.07) is 14.3. The van der Waals surface area contributed by atoms with Crippen LogP contribution in [0.15, 0.2) is 53.5 Å². The van der Waals surface area contributed by atoms with Gasteiger partial charge >= 0.3 is 0 Å². The molecule has 29 heavy (non-hydrogen) atoms. The molecule has 1 spiro atoms. The predicted molar refractivity (Wildman–Crippen MR) is 116 cm³/mol. The second-order valence-corrected chi connectivity index (χ2v) is 8.34. The summed E-state index contributed by atoms with van der Waals surface area (Å²) in [6.07, 6.45) is 4.63. The number of aliphatic imine (C=N–C) groups is 1. The van der Waals surface area contributed by atoms with E-state index in [1.54, 1.807) is 23.1 Å². The number of halogens is 2. The van der Waals surface area contributed by atoms with Gasteiger partial charge in [0.15, 0.2) is 0 Å². The van der Waals surface area contributed by atoms with Crippen LogP contribution in [-0.4, -0.2) is 34.6 Å². The van der Waals surface area contributed by atoms with E-state index in [4.69, 9.17) is 28.2 Å². The zero-order valence-corrected chi connectivity index (χ0v) is 17.3. The smallest absolute Gasteiger partial charge is 0.275 e. The van der Waals surface area contributed by atoms with Crippen LogP contribution >= 0.6 is 23.2 Å². The van der Waals surface area contributed by atoms with Crippen LogP contribution in [0, 0.1) is 0 Å². The molecule has 0 unspecified atom stereocenters. The number of hydrogen-bond donors (Lipinski definition) is 1. The summed E-state index contributed by atoms with van der Waals surface area (Å²) in [4.78, 5) is 32.5. The summed E-state index contributed by atoms with van der Waals surface area (Å²) in [5.74, 6) is -0.497. The Morgan fingerprint density at radius 3 is 2.34 bits per heavy atom. The third-order valence-electron chi connectivity index (χ3n) is 5.42. The number of carbonyl (C=O) groups excluding carboxylic acids is 2. The quantitative estimate of drug-likeness (QED) is 0.748. The van der Waals surface area contributed by atoms with Crippen molar-refractivity contribution in [1.82, 2.24) is 4.90 Å². The van der Waals surface area contributed by atoms with Crippen LogP contribution in [0.2, 0.25) is 10.0 Å². The molecule has 5 nitrogen and oxygen atoms in total. The molecule has 0 aromatic heterocycles. The first kappa shape index (κ1) is 19.9. The molecule has 1 N–H and O–H groups in total. The van der Waals surface area contributed by atoms with Gasteiger partial charge < -0.3 is 10.2 Å². The number of nitrogens with zero attached hydrogens (tertiary/aromatic N) is 2. The highest BCUT2D eigenvalue weighted by atomic mass is 35.5. The maximum Gasteiger partial charge on any atom is 0.275 e. The van der Waals surface area contributed by atoms with E-state index in [1.165, 1.54) is 0 Å². The van der Waals surface area contributed by atoms with Gasteiger partial charge in [0.1, 0.15) is 17.9 Å². The van der Waals surface area contributed by atoms with Crippen LogP contribution in [0.25, 0.3) is 0 Å². The van der Waals surface area contributed by atoms with E-state index >= 15 is 0 Å². The van der Waals surface area contributed by atoms with E-state index in [9.17, 15) is 9.59 Å². The fraction of sp³-hybridized carbons (Fsp3) is 0.318. The number of amides is 2. The summed E-state index contributed by atoms with van der Waals surface area (Å²) in [5, 5.41) is 3.66. The molecule has 0 radical (unpaired) electrons. The monoisotopic (exact) mass is 429 g/mol. The Kier molecular flexibility index (Phi) is 5.61. The molecule has 1 heterocycles. The summed E-state index contributed by atoms with van der Waals surface area (Å²) in [6.45, 7) is -0.0667. The molecule has 150 valence electrons. The molecule has 2 aromatic carbocycles. The fourth-order valence-corrected chi connectivity index (χ4v) is 4.63. The van der Waals surface area contributed by atoms with E-state index in [2.05, 4.69) is 5.32 Å². The van der Waals surface area contributed by atoms with Crippen molar-refractivity contribution in [3.05, 3.63) is 64.1 Å². The Bertz CT molecular complexity index is 949. The zero-order valence-electron chi connectivity index (χ0n) is 15.8. The number of nitrogens with one attached hydrogen (secondary N) is 1. The molecule has 1 aliphatic heterocycles. The number of rotatable bonds is 4. The first-order valence-electron chi connectivity index (χ1n) is 9.70. The van der Waals surface area contributed by atoms with Crippen molar-refractivity contribution in [3.63, 3.8) is 0 Å². The maximum absolute atomic E-state index is 13.2. The topological polar surface area (TPSA) is 61.8 Å². The second-order valence-electron chi connectivity index (χ2n) is 7.47. The molecule has 2 aromatic rings. The van der Waals surface area contributed by atoms with Crippen LogP contribution in [0.3, 0.4) is 0 Å². The largest absolute Gasteiger partial charge is 0.324 e. The second kappa shape index (κ2) is 8.17. The highest BCUT2D eigenvalue weighted by Gasteiger charge is 2.48. The van der Waals surface area contributed by atoms with Gasteiger partial charge in [-0.05, 0) is 43.9 Å². The Hall–Kier alpha value is -2.37. The van der Waals surface area contributed by atoms with E-state index in [-0.39, 0.29) is 18.4 Å². The first-order chi connectivity index (χ1) is 14.0. The number of benzene rings is 2. The number of hydrogen-bond acceptors (Lipinski definition) is 3. The van der Waals surface area contributed by atoms with Crippen molar-refractivity contribution in [2.75, 3.05) is 11.9 Å². The molecule has 1 aliphatic carbocycles. The molecule has 0 saturated heterocycles. The number of anilines is 1. The third-order valence-corrected chi connectivity index (χ3v) is 5.86. The molecule has 0 atom stereocenters. The van der Waals surface area contributed by atoms with Crippen molar-refractivity contribution in [2.45, 2.75) is 37.8 Å². The predicted octanol–water partition coefficient (Wildman–Crippen LogP) is 4.92. The van der Waals surface area contributed by atoms with Crippen molar-refractivity contribution in [2.24, 2.45) is 4.99 Å². The minimum atomic E-state index is -0.635. The lowest BCUT2D eigenvalue weighted by molar-refractivity contribution is -0.134. The SMILES string of the molecule is O=C(CN1C(=O)C(c2ccccc2)=NC12CCCCC2)Nc1cc(Cl)cc(Cl)c1. The van der Waals surface area contributed by atoms with Crippen LogP contribution in [0.4, 0.5) is 5.69 Å². The van der Waals surface area contributed by atoms with Gasteiger partial charge in [0, 0.05) is 21.3 Å². The van der Waals surface area contributed by atoms with Gasteiger partial charge in [0.05, 0.1) is 0 Å². The van der Waals surface area contributed by atoms with Gasteiger partial charge in [-0.25, -0.2) is 0 Å². The lowest BCUT2D eigenvalue weighted by Crippen LogP contribution is -2.51. The molecule has 2 amide bonds. The van der Waals surface area contributed by atoms with Gasteiger partial charge in [-0.1, -0.05) is 60.0 Å². The van der Waals surface area contributed by atoms with Gasteiger partial charge in [-0.2, -0.15) is 0 Å². The van der Waals surface area contributed by atoms with Crippen molar-refractivity contribution in [1.29, 1.82) is 0 Å². The molecular weight excluding hydrogens is 409 g/mol. The van der Waals surface area contributed by atoms with Crippen molar-refractivity contribution < 1.29 is 9.59 Å². The van der Waals surface area contributed by atoms with Crippen molar-refractivity contribution in [3.8, 4) is 0 Å². The van der Waals surface area contributed by atoms with E-state index < -0.39 is 5.66 Å². The molecular formula is C22H21Cl2N3O2. The van der Waals surface area contributed by atoms with Gasteiger partial charge in [0.25, 0.3) is 5.91 Å². The lowest BCUT2D eigenvalue weighted by Gasteiger charge is -2.38. The standard InChI is InChI=1S/C22H21Cl2N3O2/c23-16-11-17(24)13-18(12-16)25-19(28)14-27-21(29)20(15-7-3-1-4-8-15)26-22(27)9-5-2-6-10-22/h1,3-4,7-8,11-13H,2,5-6,9-10,14H2,(H,25,28). The average Bonchev–Trinajstić information content (AvgIpc) is 2.94. The molecule has 2 aliphatic rings. The Balaban J connectivity index is 1.58. The normalized spacial score (nSPS) is 18.1. The summed E-state index contributed by atoms with van der Waals surface area (Å²) in [5.41, 5.74) is 1.09. The van der Waals surface area contributed by atoms with E-state index in [0.717, 1.165) is 37.7 Å². The van der Waals surface area contributed by atoms with Gasteiger partial charge in [0.2, 0.25) is 5.91 Å². The highest BCUT2D eigenvalue weighted by Crippen LogP contribution is 2.39. The molecule has 7 heteroatoms. The lowest BCUT2D eigenvalue weighted by atomic mass is 9.88. The Morgan fingerprint density at radius 2 is 1.69 bits per heavy atom. The molecule has 4 rings (SSSR count). The van der Waals surface area contributed by atoms with Crippen molar-refractivity contribution >= 4 is 46.4 Å². The zero-order chi connectivity index (χ0) is 20.4. The third kappa shape index (κ3) is 4.16. The van der Waals surface area contributed by atoms with Crippen LogP contribution in [-0.2, 0) is 9.59 Å². The number of carbonyl (C=O) groups is 2. The summed E-state index contributed by atoms with van der Waals surface area (Å²) in [7, 11) is 0. The van der Waals surface area contributed by atoms with Crippen LogP contribution in [0.1, 0.15) is 37.7 Å². The highest BCUT2D eigenvalue weighted by molar-refractivity contribution is 6.47. The van der Waals surface area contributed by atoms with Crippen LogP contribution in [0.5, 0.6) is 0 Å². The Labute approximate surface area is 179 Å². The van der Waals surface area contributed by atoms with E-state index in [1.807, 2.05) is 30.3 Å². The first-order valence-corrected chi connectivity index (χ1v) is 10.5. The summed E-state index contributed by atoms with van der Waals surface area (Å²) < 4.78 is 0. The van der Waals surface area contributed by atoms with Gasteiger partial charge in [-0.3, -0.25) is 14.6 Å². The van der Waals surface area contributed by atoms with Gasteiger partial charge in [-0.15, -0.1) is 0 Å². The average molecular weight is 430 g/mol. The van der Waals surface area contributed by atoms with Crippen LogP contribution < -0.4 is 5.32 Å². The molecule has 0 bridgehead atoms. The fourth-order valence-electron chi connectivity index (χ4n) is 4.11. The molecule has 1 saturated carbocycles. The van der Waals surface area contributed by atoms with E-state index in [0.29, 0.717) is 21.4 Å². The Morgan fingerprint density at radius 1 is 1.03 bits per heavy atom. The summed E-state index contributed by atoms with van der Waals surface area (Å²) >= 11 is 12.0. The minimum Gasteiger partial charge on any atom is -0.324 e. The minimum absolute atomic E-state index is 0.0667. The maximum atomic E-state index is 13.2. The molecule has 1 fully saturated rings.